The van der Waals surface area contributed by atoms with Gasteiger partial charge in [0.15, 0.2) is 0 Å². The molecule has 5 rings (SSSR count). The third kappa shape index (κ3) is 2.50. The van der Waals surface area contributed by atoms with E-state index in [-0.39, 0.29) is 11.7 Å². The number of aromatic nitrogens is 3. The van der Waals surface area contributed by atoms with Crippen molar-refractivity contribution < 1.29 is 4.39 Å². The van der Waals surface area contributed by atoms with Crippen LogP contribution < -0.4 is 0 Å². The topological polar surface area (TPSA) is 44.5 Å². The molecule has 2 aromatic carbocycles. The Morgan fingerprint density at radius 2 is 1.96 bits per heavy atom. The normalized spacial score (nSPS) is 11.9. The molecule has 0 saturated carbocycles. The Morgan fingerprint density at radius 1 is 1.11 bits per heavy atom. The second-order valence-corrected chi connectivity index (χ2v) is 8.32. The predicted molar refractivity (Wildman–Crippen MR) is 115 cm³/mol. The largest absolute Gasteiger partial charge is 0.361 e. The Balaban J connectivity index is 1.86. The average Bonchev–Trinajstić information content (AvgIpc) is 3.37. The van der Waals surface area contributed by atoms with Gasteiger partial charge in [0.05, 0.1) is 21.4 Å². The fourth-order valence-electron chi connectivity index (χ4n) is 4.20. The van der Waals surface area contributed by atoms with E-state index in [1.165, 1.54) is 21.4 Å². The van der Waals surface area contributed by atoms with E-state index in [1.807, 2.05) is 23.8 Å². The third-order valence-corrected chi connectivity index (χ3v) is 6.21. The molecule has 0 bridgehead atoms. The number of fused-ring (bicyclic) bond motifs is 2. The molecule has 140 valence electrons. The maximum absolute atomic E-state index is 14.3. The zero-order valence-corrected chi connectivity index (χ0v) is 16.7. The summed E-state index contributed by atoms with van der Waals surface area (Å²) >= 11 is 1.66. The summed E-state index contributed by atoms with van der Waals surface area (Å²) in [6.45, 7) is 6.48. The number of H-pyrrole nitrogens is 2. The molecule has 0 atom stereocenters. The van der Waals surface area contributed by atoms with Gasteiger partial charge < -0.3 is 9.97 Å². The van der Waals surface area contributed by atoms with E-state index >= 15 is 0 Å². The number of rotatable bonds is 3. The monoisotopic (exact) mass is 389 g/mol. The number of thiazole rings is 1. The molecular weight excluding hydrogens is 369 g/mol. The second-order valence-electron chi connectivity index (χ2n) is 7.47. The van der Waals surface area contributed by atoms with Crippen LogP contribution in [0.15, 0.2) is 48.1 Å². The van der Waals surface area contributed by atoms with Gasteiger partial charge in [-0.2, -0.15) is 0 Å². The van der Waals surface area contributed by atoms with Crippen LogP contribution in [-0.4, -0.2) is 15.0 Å². The maximum Gasteiger partial charge on any atom is 0.125 e. The van der Waals surface area contributed by atoms with Crippen molar-refractivity contribution in [3.63, 3.8) is 0 Å². The first-order valence-corrected chi connectivity index (χ1v) is 10.2. The number of aryl methyl sites for hydroxylation is 1. The highest BCUT2D eigenvalue weighted by molar-refractivity contribution is 7.17. The highest BCUT2D eigenvalue weighted by Gasteiger charge is 2.23. The molecule has 0 amide bonds. The number of nitrogens with one attached hydrogen (secondary N) is 2. The van der Waals surface area contributed by atoms with Crippen LogP contribution >= 0.6 is 11.3 Å². The lowest BCUT2D eigenvalue weighted by Gasteiger charge is -2.13. The Bertz CT molecular complexity index is 1320. The average molecular weight is 389 g/mol. The summed E-state index contributed by atoms with van der Waals surface area (Å²) in [6, 6.07) is 11.4. The van der Waals surface area contributed by atoms with Crippen LogP contribution in [0.4, 0.5) is 4.39 Å². The molecule has 0 aliphatic heterocycles. The molecule has 5 aromatic rings. The number of hydrogen-bond donors (Lipinski definition) is 2. The summed E-state index contributed by atoms with van der Waals surface area (Å²) in [5, 5.41) is 1.02. The summed E-state index contributed by atoms with van der Waals surface area (Å²) < 4.78 is 15.5. The van der Waals surface area contributed by atoms with Crippen molar-refractivity contribution in [2.75, 3.05) is 0 Å². The molecule has 0 aliphatic rings. The van der Waals surface area contributed by atoms with Gasteiger partial charge in [0.1, 0.15) is 5.82 Å². The van der Waals surface area contributed by atoms with Gasteiger partial charge in [0.2, 0.25) is 0 Å². The van der Waals surface area contributed by atoms with Crippen molar-refractivity contribution in [1.29, 1.82) is 0 Å². The standard InChI is InChI=1S/C23H20FN3S/c1-12(2)20-21(16-5-4-6-18-23(16)28-11-26-18)13(3)27-22(20)17-9-14(24)10-19-15(17)7-8-25-19/h4-12,25,27H,1-3H3. The van der Waals surface area contributed by atoms with Crippen molar-refractivity contribution in [2.24, 2.45) is 0 Å². The maximum atomic E-state index is 14.3. The zero-order valence-electron chi connectivity index (χ0n) is 15.9. The van der Waals surface area contributed by atoms with E-state index in [1.54, 1.807) is 23.5 Å². The van der Waals surface area contributed by atoms with Gasteiger partial charge in [0, 0.05) is 39.5 Å². The quantitative estimate of drug-likeness (QED) is 0.342. The molecule has 5 heteroatoms. The molecule has 3 aromatic heterocycles. The molecular formula is C23H20FN3S. The van der Waals surface area contributed by atoms with E-state index in [2.05, 4.69) is 47.9 Å². The predicted octanol–water partition coefficient (Wildman–Crippen LogP) is 7.01. The van der Waals surface area contributed by atoms with Crippen molar-refractivity contribution in [1.82, 2.24) is 15.0 Å². The van der Waals surface area contributed by atoms with Crippen LogP contribution in [0.5, 0.6) is 0 Å². The minimum atomic E-state index is -0.238. The second kappa shape index (κ2) is 6.31. The summed E-state index contributed by atoms with van der Waals surface area (Å²) in [5.41, 5.74) is 10.3. The van der Waals surface area contributed by atoms with E-state index < -0.39 is 0 Å². The Hall–Kier alpha value is -2.92. The first-order valence-electron chi connectivity index (χ1n) is 9.36. The molecule has 28 heavy (non-hydrogen) atoms. The minimum absolute atomic E-state index is 0.238. The van der Waals surface area contributed by atoms with Crippen LogP contribution in [0.2, 0.25) is 0 Å². The molecule has 0 saturated heterocycles. The molecule has 0 radical (unpaired) electrons. The molecule has 0 unspecified atom stereocenters. The van der Waals surface area contributed by atoms with Crippen LogP contribution in [0.3, 0.4) is 0 Å². The van der Waals surface area contributed by atoms with E-state index in [9.17, 15) is 4.39 Å². The van der Waals surface area contributed by atoms with Crippen molar-refractivity contribution in [3.05, 3.63) is 65.2 Å². The smallest absolute Gasteiger partial charge is 0.125 e. The van der Waals surface area contributed by atoms with Gasteiger partial charge in [-0.15, -0.1) is 11.3 Å². The SMILES string of the molecule is Cc1[nH]c(-c2cc(F)cc3[nH]ccc23)c(C(C)C)c1-c1cccc2ncsc12. The van der Waals surface area contributed by atoms with Crippen LogP contribution in [0.1, 0.15) is 31.0 Å². The van der Waals surface area contributed by atoms with Crippen LogP contribution in [0.25, 0.3) is 43.5 Å². The fourth-order valence-corrected chi connectivity index (χ4v) is 5.01. The minimum Gasteiger partial charge on any atom is -0.361 e. The number of aromatic amines is 2. The number of halogens is 1. The molecule has 0 fully saturated rings. The van der Waals surface area contributed by atoms with E-state index in [4.69, 9.17) is 0 Å². The zero-order chi connectivity index (χ0) is 19.4. The highest BCUT2D eigenvalue weighted by Crippen LogP contribution is 2.44. The summed E-state index contributed by atoms with van der Waals surface area (Å²) in [5.74, 6) is 0.0356. The molecule has 2 N–H and O–H groups in total. The fraction of sp³-hybridized carbons (Fsp3) is 0.174. The molecule has 3 heterocycles. The summed E-state index contributed by atoms with van der Waals surface area (Å²) in [7, 11) is 0. The number of hydrogen-bond acceptors (Lipinski definition) is 2. The van der Waals surface area contributed by atoms with Gasteiger partial charge in [-0.1, -0.05) is 26.0 Å². The van der Waals surface area contributed by atoms with Gasteiger partial charge >= 0.3 is 0 Å². The number of nitrogens with zero attached hydrogens (tertiary/aromatic N) is 1. The van der Waals surface area contributed by atoms with Crippen molar-refractivity contribution in [2.45, 2.75) is 26.7 Å². The third-order valence-electron chi connectivity index (χ3n) is 5.33. The highest BCUT2D eigenvalue weighted by atomic mass is 32.1. The van der Waals surface area contributed by atoms with Gasteiger partial charge in [-0.05, 0) is 42.7 Å². The van der Waals surface area contributed by atoms with Crippen molar-refractivity contribution >= 4 is 32.5 Å². The molecule has 0 aliphatic carbocycles. The van der Waals surface area contributed by atoms with E-state index in [0.29, 0.717) is 0 Å². The molecule has 3 nitrogen and oxygen atoms in total. The van der Waals surface area contributed by atoms with Gasteiger partial charge in [-0.25, -0.2) is 9.37 Å². The Morgan fingerprint density at radius 3 is 2.79 bits per heavy atom. The van der Waals surface area contributed by atoms with Crippen LogP contribution in [-0.2, 0) is 0 Å². The van der Waals surface area contributed by atoms with Gasteiger partial charge in [-0.3, -0.25) is 0 Å². The van der Waals surface area contributed by atoms with Crippen molar-refractivity contribution in [3.8, 4) is 22.4 Å². The Labute approximate surface area is 166 Å². The van der Waals surface area contributed by atoms with Gasteiger partial charge in [0.25, 0.3) is 0 Å². The summed E-state index contributed by atoms with van der Waals surface area (Å²) in [6.07, 6.45) is 1.86. The lowest BCUT2D eigenvalue weighted by atomic mass is 9.90. The number of benzene rings is 2. The first-order chi connectivity index (χ1) is 13.5. The molecule has 0 spiro atoms. The van der Waals surface area contributed by atoms with Crippen LogP contribution in [0, 0.1) is 12.7 Å². The van der Waals surface area contributed by atoms with E-state index in [0.717, 1.165) is 33.4 Å². The summed E-state index contributed by atoms with van der Waals surface area (Å²) in [4.78, 5) is 11.2. The Kier molecular flexibility index (Phi) is 3.88. The lowest BCUT2D eigenvalue weighted by molar-refractivity contribution is 0.630. The first kappa shape index (κ1) is 17.2. The lowest BCUT2D eigenvalue weighted by Crippen LogP contribution is -1.94.